The lowest BCUT2D eigenvalue weighted by Crippen LogP contribution is -2.87. The number of benzene rings is 1. The Balaban J connectivity index is 2.41. The molecule has 0 spiro atoms. The van der Waals surface area contributed by atoms with Crippen LogP contribution >= 0.6 is 11.6 Å². The van der Waals surface area contributed by atoms with E-state index in [4.69, 9.17) is 11.6 Å². The number of hydrogen-bond donors (Lipinski definition) is 1. The van der Waals surface area contributed by atoms with Crippen molar-refractivity contribution in [2.45, 2.75) is 32.9 Å². The molecule has 72 valence electrons. The molecule has 1 aromatic carbocycles. The molecular formula is C11H17ClN+. The van der Waals surface area contributed by atoms with Gasteiger partial charge in [-0.1, -0.05) is 30.7 Å². The summed E-state index contributed by atoms with van der Waals surface area (Å²) in [6.45, 7) is 5.51. The van der Waals surface area contributed by atoms with Crippen LogP contribution in [0.2, 0.25) is 5.02 Å². The maximum Gasteiger partial charge on any atom is 0.101 e. The van der Waals surface area contributed by atoms with Crippen molar-refractivity contribution in [3.05, 3.63) is 34.9 Å². The predicted octanol–water partition coefficient (Wildman–Crippen LogP) is 2.20. The molecule has 0 aliphatic rings. The molecule has 2 N–H and O–H groups in total. The van der Waals surface area contributed by atoms with E-state index in [-0.39, 0.29) is 0 Å². The Kier molecular flexibility index (Phi) is 4.26. The van der Waals surface area contributed by atoms with Crippen LogP contribution in [0.1, 0.15) is 25.8 Å². The van der Waals surface area contributed by atoms with Crippen LogP contribution in [-0.2, 0) is 6.54 Å². The number of rotatable bonds is 4. The van der Waals surface area contributed by atoms with Gasteiger partial charge in [-0.25, -0.2) is 0 Å². The lowest BCUT2D eigenvalue weighted by molar-refractivity contribution is -0.701. The Morgan fingerprint density at radius 3 is 2.46 bits per heavy atom. The first kappa shape index (κ1) is 10.6. The first-order chi connectivity index (χ1) is 6.22. The molecule has 1 rings (SSSR count). The molecule has 1 nitrogen and oxygen atoms in total. The van der Waals surface area contributed by atoms with E-state index in [0.717, 1.165) is 11.6 Å². The average molecular weight is 199 g/mol. The third-order valence-electron chi connectivity index (χ3n) is 2.31. The molecule has 0 saturated heterocycles. The van der Waals surface area contributed by atoms with E-state index in [2.05, 4.69) is 31.3 Å². The minimum atomic E-state index is 0.704. The molecular weight excluding hydrogens is 182 g/mol. The van der Waals surface area contributed by atoms with Gasteiger partial charge in [-0.3, -0.25) is 0 Å². The lowest BCUT2D eigenvalue weighted by atomic mass is 10.2. The SMILES string of the molecule is CC[C@@H](C)[NH2+]Cc1ccc(Cl)cc1. The second kappa shape index (κ2) is 5.25. The quantitative estimate of drug-likeness (QED) is 0.764. The van der Waals surface area contributed by atoms with Crippen molar-refractivity contribution in [1.29, 1.82) is 0 Å². The van der Waals surface area contributed by atoms with Crippen LogP contribution in [0.5, 0.6) is 0 Å². The van der Waals surface area contributed by atoms with Crippen LogP contribution in [0.4, 0.5) is 0 Å². The number of hydrogen-bond acceptors (Lipinski definition) is 0. The molecule has 1 aromatic rings. The number of quaternary nitrogens is 1. The monoisotopic (exact) mass is 198 g/mol. The van der Waals surface area contributed by atoms with E-state index in [1.54, 1.807) is 0 Å². The summed E-state index contributed by atoms with van der Waals surface area (Å²) in [6.07, 6.45) is 1.22. The highest BCUT2D eigenvalue weighted by atomic mass is 35.5. The van der Waals surface area contributed by atoms with Gasteiger partial charge in [0.1, 0.15) is 6.54 Å². The molecule has 0 aliphatic carbocycles. The third-order valence-corrected chi connectivity index (χ3v) is 2.57. The first-order valence-electron chi connectivity index (χ1n) is 4.80. The Labute approximate surface area is 85.1 Å². The highest BCUT2D eigenvalue weighted by Crippen LogP contribution is 2.08. The summed E-state index contributed by atoms with van der Waals surface area (Å²) < 4.78 is 0. The lowest BCUT2D eigenvalue weighted by Gasteiger charge is -2.07. The molecule has 0 fully saturated rings. The zero-order valence-corrected chi connectivity index (χ0v) is 9.01. The van der Waals surface area contributed by atoms with Crippen LogP contribution in [0.3, 0.4) is 0 Å². The third kappa shape index (κ3) is 3.79. The maximum atomic E-state index is 5.79. The zero-order chi connectivity index (χ0) is 9.68. The second-order valence-electron chi connectivity index (χ2n) is 3.45. The Morgan fingerprint density at radius 1 is 1.31 bits per heavy atom. The molecule has 0 heterocycles. The van der Waals surface area contributed by atoms with E-state index < -0.39 is 0 Å². The summed E-state index contributed by atoms with van der Waals surface area (Å²) in [7, 11) is 0. The minimum absolute atomic E-state index is 0.704. The fourth-order valence-corrected chi connectivity index (χ4v) is 1.25. The topological polar surface area (TPSA) is 16.6 Å². The largest absolute Gasteiger partial charge is 0.340 e. The molecule has 0 bridgehead atoms. The minimum Gasteiger partial charge on any atom is -0.340 e. The van der Waals surface area contributed by atoms with E-state index in [1.165, 1.54) is 12.0 Å². The summed E-state index contributed by atoms with van der Waals surface area (Å²) in [5, 5.41) is 3.16. The average Bonchev–Trinajstić information content (AvgIpc) is 2.16. The van der Waals surface area contributed by atoms with Gasteiger partial charge in [0.25, 0.3) is 0 Å². The van der Waals surface area contributed by atoms with Crippen LogP contribution < -0.4 is 5.32 Å². The van der Waals surface area contributed by atoms with Crippen LogP contribution in [0.25, 0.3) is 0 Å². The standard InChI is InChI=1S/C11H16ClN/c1-3-9(2)13-8-10-4-6-11(12)7-5-10/h4-7,9,13H,3,8H2,1-2H3/p+1/t9-/m1/s1. The van der Waals surface area contributed by atoms with Gasteiger partial charge < -0.3 is 5.32 Å². The smallest absolute Gasteiger partial charge is 0.101 e. The molecule has 0 unspecified atom stereocenters. The first-order valence-corrected chi connectivity index (χ1v) is 5.18. The summed E-state index contributed by atoms with van der Waals surface area (Å²) in [6, 6.07) is 8.76. The van der Waals surface area contributed by atoms with Crippen molar-refractivity contribution in [2.24, 2.45) is 0 Å². The zero-order valence-electron chi connectivity index (χ0n) is 8.26. The van der Waals surface area contributed by atoms with E-state index in [9.17, 15) is 0 Å². The number of nitrogens with two attached hydrogens (primary N) is 1. The van der Waals surface area contributed by atoms with Gasteiger partial charge in [0.05, 0.1) is 6.04 Å². The molecule has 0 aromatic heterocycles. The van der Waals surface area contributed by atoms with Crippen molar-refractivity contribution < 1.29 is 5.32 Å². The molecule has 0 amide bonds. The van der Waals surface area contributed by atoms with Crippen LogP contribution in [-0.4, -0.2) is 6.04 Å². The van der Waals surface area contributed by atoms with E-state index >= 15 is 0 Å². The fourth-order valence-electron chi connectivity index (χ4n) is 1.12. The van der Waals surface area contributed by atoms with Gasteiger partial charge in [-0.2, -0.15) is 0 Å². The summed E-state index contributed by atoms with van der Waals surface area (Å²) >= 11 is 5.79. The predicted molar refractivity (Wildman–Crippen MR) is 56.8 cm³/mol. The second-order valence-corrected chi connectivity index (χ2v) is 3.89. The van der Waals surface area contributed by atoms with Crippen LogP contribution in [0.15, 0.2) is 24.3 Å². The molecule has 0 radical (unpaired) electrons. The van der Waals surface area contributed by atoms with Gasteiger partial charge in [-0.15, -0.1) is 0 Å². The highest BCUT2D eigenvalue weighted by Gasteiger charge is 2.01. The number of halogens is 1. The van der Waals surface area contributed by atoms with Gasteiger partial charge in [0.15, 0.2) is 0 Å². The van der Waals surface area contributed by atoms with E-state index in [0.29, 0.717) is 6.04 Å². The van der Waals surface area contributed by atoms with Gasteiger partial charge in [0, 0.05) is 10.6 Å². The summed E-state index contributed by atoms with van der Waals surface area (Å²) in [5.74, 6) is 0. The fraction of sp³-hybridized carbons (Fsp3) is 0.455. The summed E-state index contributed by atoms with van der Waals surface area (Å²) in [4.78, 5) is 0. The Morgan fingerprint density at radius 2 is 1.92 bits per heavy atom. The van der Waals surface area contributed by atoms with Crippen molar-refractivity contribution in [3.8, 4) is 0 Å². The van der Waals surface area contributed by atoms with Crippen molar-refractivity contribution in [3.63, 3.8) is 0 Å². The van der Waals surface area contributed by atoms with Gasteiger partial charge in [0.2, 0.25) is 0 Å². The van der Waals surface area contributed by atoms with Gasteiger partial charge >= 0.3 is 0 Å². The molecule has 0 saturated carbocycles. The molecule has 2 heteroatoms. The maximum absolute atomic E-state index is 5.79. The van der Waals surface area contributed by atoms with Crippen LogP contribution in [0, 0.1) is 0 Å². The molecule has 0 aliphatic heterocycles. The van der Waals surface area contributed by atoms with Crippen molar-refractivity contribution in [1.82, 2.24) is 0 Å². The van der Waals surface area contributed by atoms with Gasteiger partial charge in [-0.05, 0) is 25.5 Å². The van der Waals surface area contributed by atoms with Crippen molar-refractivity contribution in [2.75, 3.05) is 0 Å². The van der Waals surface area contributed by atoms with E-state index in [1.807, 2.05) is 12.1 Å². The Hall–Kier alpha value is -0.530. The Bertz CT molecular complexity index is 243. The summed E-state index contributed by atoms with van der Waals surface area (Å²) in [5.41, 5.74) is 1.34. The molecule has 13 heavy (non-hydrogen) atoms. The normalized spacial score (nSPS) is 12.8. The highest BCUT2D eigenvalue weighted by molar-refractivity contribution is 6.30. The molecule has 1 atom stereocenters. The van der Waals surface area contributed by atoms with Crippen molar-refractivity contribution >= 4 is 11.6 Å².